The molecule has 0 unspecified atom stereocenters. The van der Waals surface area contributed by atoms with Crippen molar-refractivity contribution in [2.75, 3.05) is 5.32 Å². The highest BCUT2D eigenvalue weighted by Crippen LogP contribution is 2.43. The van der Waals surface area contributed by atoms with E-state index in [1.54, 1.807) is 49.1 Å². The lowest BCUT2D eigenvalue weighted by Gasteiger charge is -2.10. The number of aromatic nitrogens is 5. The minimum absolute atomic E-state index is 0.0214. The van der Waals surface area contributed by atoms with E-state index in [0.29, 0.717) is 33.0 Å². The van der Waals surface area contributed by atoms with Gasteiger partial charge in [-0.3, -0.25) is 14.3 Å². The molecule has 200 valence electrons. The molecular formula is C25H20ClF2N7O3S. The standard InChI is InChI=1S/C25H20ClF2N7O3S/c1-12-16(10-30-34(12)2)15-9-18(22(27)28)31-25-19(15)20(21(39-25)23(29)36)32-24(37)17-7-8-35(33-17)11-38-14-5-3-13(26)4-6-14/h3-10,22H,11H2,1-2H3,(H2,29,36)(H,32,37). The van der Waals surface area contributed by atoms with Crippen LogP contribution in [0.3, 0.4) is 0 Å². The topological polar surface area (TPSA) is 130 Å². The number of hydrogen-bond acceptors (Lipinski definition) is 7. The number of rotatable bonds is 8. The van der Waals surface area contributed by atoms with Gasteiger partial charge in [-0.05, 0) is 48.9 Å². The van der Waals surface area contributed by atoms with Gasteiger partial charge < -0.3 is 15.8 Å². The first-order valence-electron chi connectivity index (χ1n) is 11.4. The van der Waals surface area contributed by atoms with Crippen LogP contribution < -0.4 is 15.8 Å². The Balaban J connectivity index is 1.51. The summed E-state index contributed by atoms with van der Waals surface area (Å²) in [6.45, 7) is 1.79. The number of nitrogens with two attached hydrogens (primary N) is 1. The van der Waals surface area contributed by atoms with E-state index in [-0.39, 0.29) is 27.8 Å². The van der Waals surface area contributed by atoms with E-state index < -0.39 is 23.9 Å². The Morgan fingerprint density at radius 1 is 1.21 bits per heavy atom. The molecule has 0 fully saturated rings. The number of alkyl halides is 2. The quantitative estimate of drug-likeness (QED) is 0.264. The number of primary amides is 1. The van der Waals surface area contributed by atoms with Crippen LogP contribution in [0.15, 0.2) is 48.8 Å². The molecule has 2 amide bonds. The van der Waals surface area contributed by atoms with Crippen LogP contribution in [0.5, 0.6) is 5.75 Å². The monoisotopic (exact) mass is 571 g/mol. The first-order chi connectivity index (χ1) is 18.6. The molecule has 4 aromatic heterocycles. The number of anilines is 1. The molecule has 0 saturated heterocycles. The lowest BCUT2D eigenvalue weighted by Crippen LogP contribution is -2.18. The fourth-order valence-electron chi connectivity index (χ4n) is 3.90. The molecule has 0 aliphatic rings. The van der Waals surface area contributed by atoms with Crippen molar-refractivity contribution in [3.05, 3.63) is 75.8 Å². The normalized spacial score (nSPS) is 11.3. The summed E-state index contributed by atoms with van der Waals surface area (Å²) < 4.78 is 36.1. The van der Waals surface area contributed by atoms with E-state index in [0.717, 1.165) is 11.3 Å². The number of thiophene rings is 1. The third kappa shape index (κ3) is 5.18. The van der Waals surface area contributed by atoms with Crippen molar-refractivity contribution in [1.82, 2.24) is 24.5 Å². The molecule has 14 heteroatoms. The highest BCUT2D eigenvalue weighted by atomic mass is 35.5. The predicted molar refractivity (Wildman–Crippen MR) is 142 cm³/mol. The van der Waals surface area contributed by atoms with Crippen LogP contribution in [0.25, 0.3) is 21.3 Å². The van der Waals surface area contributed by atoms with E-state index in [2.05, 4.69) is 20.5 Å². The van der Waals surface area contributed by atoms with Crippen LogP contribution in [0.2, 0.25) is 5.02 Å². The zero-order valence-corrected chi connectivity index (χ0v) is 22.1. The zero-order chi connectivity index (χ0) is 27.8. The van der Waals surface area contributed by atoms with Gasteiger partial charge in [-0.1, -0.05) is 11.6 Å². The van der Waals surface area contributed by atoms with Gasteiger partial charge in [-0.15, -0.1) is 11.3 Å². The molecule has 0 saturated carbocycles. The first kappa shape index (κ1) is 26.3. The molecule has 0 radical (unpaired) electrons. The summed E-state index contributed by atoms with van der Waals surface area (Å²) >= 11 is 6.70. The highest BCUT2D eigenvalue weighted by molar-refractivity contribution is 7.21. The molecule has 10 nitrogen and oxygen atoms in total. The maximum Gasteiger partial charge on any atom is 0.280 e. The number of pyridine rings is 1. The maximum atomic E-state index is 13.7. The Morgan fingerprint density at radius 2 is 1.95 bits per heavy atom. The maximum absolute atomic E-state index is 13.7. The molecule has 4 heterocycles. The van der Waals surface area contributed by atoms with Crippen molar-refractivity contribution in [2.24, 2.45) is 12.8 Å². The average Bonchev–Trinajstić information content (AvgIpc) is 3.61. The van der Waals surface area contributed by atoms with Gasteiger partial charge in [0.1, 0.15) is 21.2 Å². The van der Waals surface area contributed by atoms with Crippen molar-refractivity contribution in [3.63, 3.8) is 0 Å². The van der Waals surface area contributed by atoms with Crippen LogP contribution in [-0.2, 0) is 13.8 Å². The number of halogens is 3. The minimum Gasteiger partial charge on any atom is -0.471 e. The summed E-state index contributed by atoms with van der Waals surface area (Å²) in [4.78, 5) is 29.7. The molecule has 3 N–H and O–H groups in total. The fourth-order valence-corrected chi connectivity index (χ4v) is 5.04. The lowest BCUT2D eigenvalue weighted by atomic mass is 10.0. The van der Waals surface area contributed by atoms with Gasteiger partial charge in [-0.2, -0.15) is 10.2 Å². The second kappa shape index (κ2) is 10.4. The summed E-state index contributed by atoms with van der Waals surface area (Å²) in [5.74, 6) is -0.928. The van der Waals surface area contributed by atoms with E-state index >= 15 is 0 Å². The molecule has 39 heavy (non-hydrogen) atoms. The third-order valence-corrected chi connectivity index (χ3v) is 7.29. The zero-order valence-electron chi connectivity index (χ0n) is 20.5. The summed E-state index contributed by atoms with van der Waals surface area (Å²) in [5, 5.41) is 12.0. The number of aryl methyl sites for hydroxylation is 1. The number of amides is 2. The number of fused-ring (bicyclic) bond motifs is 1. The smallest absolute Gasteiger partial charge is 0.280 e. The molecule has 0 bridgehead atoms. The number of carbonyl (C=O) groups excluding carboxylic acids is 2. The number of ether oxygens (including phenoxy) is 1. The van der Waals surface area contributed by atoms with E-state index in [1.807, 2.05) is 0 Å². The van der Waals surface area contributed by atoms with Gasteiger partial charge in [0.2, 0.25) is 0 Å². The van der Waals surface area contributed by atoms with Crippen molar-refractivity contribution in [1.29, 1.82) is 0 Å². The van der Waals surface area contributed by atoms with Gasteiger partial charge in [-0.25, -0.2) is 18.4 Å². The Labute approximate surface area is 229 Å². The van der Waals surface area contributed by atoms with Gasteiger partial charge in [0.25, 0.3) is 18.2 Å². The van der Waals surface area contributed by atoms with E-state index in [1.165, 1.54) is 23.0 Å². The Hall–Kier alpha value is -4.36. The van der Waals surface area contributed by atoms with Crippen LogP contribution in [0.4, 0.5) is 14.5 Å². The average molecular weight is 572 g/mol. The van der Waals surface area contributed by atoms with Crippen molar-refractivity contribution in [3.8, 4) is 16.9 Å². The second-order valence-electron chi connectivity index (χ2n) is 8.44. The third-order valence-electron chi connectivity index (χ3n) is 5.94. The number of hydrogen-bond donors (Lipinski definition) is 2. The largest absolute Gasteiger partial charge is 0.471 e. The van der Waals surface area contributed by atoms with Crippen molar-refractivity contribution < 1.29 is 23.1 Å². The first-order valence-corrected chi connectivity index (χ1v) is 12.6. The van der Waals surface area contributed by atoms with Crippen molar-refractivity contribution >= 4 is 50.7 Å². The predicted octanol–water partition coefficient (Wildman–Crippen LogP) is 5.18. The van der Waals surface area contributed by atoms with Crippen LogP contribution >= 0.6 is 22.9 Å². The Kier molecular flexibility index (Phi) is 7.02. The highest BCUT2D eigenvalue weighted by Gasteiger charge is 2.26. The number of nitrogens with one attached hydrogen (secondary N) is 1. The lowest BCUT2D eigenvalue weighted by molar-refractivity contribution is 0.100. The van der Waals surface area contributed by atoms with Crippen LogP contribution in [0, 0.1) is 6.92 Å². The van der Waals surface area contributed by atoms with Gasteiger partial charge in [0, 0.05) is 34.9 Å². The minimum atomic E-state index is -2.86. The fraction of sp³-hybridized carbons (Fsp3) is 0.160. The van der Waals surface area contributed by atoms with Gasteiger partial charge in [0.05, 0.1) is 11.9 Å². The molecule has 1 aromatic carbocycles. The Morgan fingerprint density at radius 3 is 2.59 bits per heavy atom. The second-order valence-corrected chi connectivity index (χ2v) is 9.87. The number of benzene rings is 1. The summed E-state index contributed by atoms with van der Waals surface area (Å²) in [7, 11) is 1.71. The molecule has 0 aliphatic heterocycles. The van der Waals surface area contributed by atoms with Crippen LogP contribution in [0.1, 0.15) is 38.0 Å². The van der Waals surface area contributed by atoms with Gasteiger partial charge in [0.15, 0.2) is 12.4 Å². The molecule has 5 aromatic rings. The van der Waals surface area contributed by atoms with Gasteiger partial charge >= 0.3 is 0 Å². The summed E-state index contributed by atoms with van der Waals surface area (Å²) in [6.07, 6.45) is 0.211. The molecular weight excluding hydrogens is 552 g/mol. The molecule has 0 atom stereocenters. The molecule has 0 spiro atoms. The summed E-state index contributed by atoms with van der Waals surface area (Å²) in [5.41, 5.74) is 6.78. The van der Waals surface area contributed by atoms with E-state index in [9.17, 15) is 18.4 Å². The van der Waals surface area contributed by atoms with E-state index in [4.69, 9.17) is 22.1 Å². The van der Waals surface area contributed by atoms with Crippen molar-refractivity contribution in [2.45, 2.75) is 20.1 Å². The Bertz CT molecular complexity index is 1710. The number of carbonyl (C=O) groups is 2. The molecule has 5 rings (SSSR count). The van der Waals surface area contributed by atoms with Crippen LogP contribution in [-0.4, -0.2) is 36.4 Å². The SMILES string of the molecule is Cc1c(-c2cc(C(F)F)nc3sc(C(N)=O)c(NC(=O)c4ccn(COc5ccc(Cl)cc5)n4)c23)cnn1C. The molecule has 0 aliphatic carbocycles. The summed E-state index contributed by atoms with van der Waals surface area (Å²) in [6, 6.07) is 9.45. The number of nitrogens with zero attached hydrogens (tertiary/aromatic N) is 5.